The molecule has 4 rings (SSSR count). The summed E-state index contributed by atoms with van der Waals surface area (Å²) < 4.78 is 5.92. The molecule has 1 amide bonds. The van der Waals surface area contributed by atoms with E-state index in [4.69, 9.17) is 16.3 Å². The molecule has 2 atom stereocenters. The molecule has 23 heavy (non-hydrogen) atoms. The van der Waals surface area contributed by atoms with Crippen LogP contribution < -0.4 is 10.1 Å². The summed E-state index contributed by atoms with van der Waals surface area (Å²) >= 11 is 5.91. The molecule has 0 unspecified atom stereocenters. The van der Waals surface area contributed by atoms with Crippen LogP contribution in [0.3, 0.4) is 0 Å². The van der Waals surface area contributed by atoms with Crippen molar-refractivity contribution in [1.82, 2.24) is 5.32 Å². The van der Waals surface area contributed by atoms with Crippen molar-refractivity contribution in [3.05, 3.63) is 77.3 Å². The lowest BCUT2D eigenvalue weighted by Crippen LogP contribution is -2.58. The molecule has 1 N–H and O–H groups in total. The first-order valence-electron chi connectivity index (χ1n) is 7.42. The number of ether oxygens (including phenoxy) is 1. The van der Waals surface area contributed by atoms with Crippen LogP contribution in [0.5, 0.6) is 5.75 Å². The molecule has 1 fully saturated rings. The van der Waals surface area contributed by atoms with E-state index in [1.54, 1.807) is 0 Å². The molecule has 1 heterocycles. The predicted octanol–water partition coefficient (Wildman–Crippen LogP) is 4.11. The highest BCUT2D eigenvalue weighted by Crippen LogP contribution is 2.30. The van der Waals surface area contributed by atoms with Gasteiger partial charge in [0, 0.05) is 5.02 Å². The van der Waals surface area contributed by atoms with Gasteiger partial charge in [-0.25, -0.2) is 0 Å². The Morgan fingerprint density at radius 1 is 0.913 bits per heavy atom. The van der Waals surface area contributed by atoms with Crippen molar-refractivity contribution in [3.63, 3.8) is 0 Å². The Morgan fingerprint density at radius 2 is 1.65 bits per heavy atom. The van der Waals surface area contributed by atoms with Gasteiger partial charge in [0.05, 0.1) is 0 Å². The summed E-state index contributed by atoms with van der Waals surface area (Å²) in [5.41, 5.74) is 0.986. The van der Waals surface area contributed by atoms with Crippen LogP contribution in [0.25, 0.3) is 10.8 Å². The standard InChI is InChI=1S/C19H14ClNO2/c20-15-8-5-13(6-9-15)17-18(19(22)21-17)23-16-10-7-12-3-1-2-4-14(12)11-16/h1-11,17-18H,(H,21,22)/t17-,18+/m1/s1. The van der Waals surface area contributed by atoms with Gasteiger partial charge in [0.2, 0.25) is 6.10 Å². The van der Waals surface area contributed by atoms with Gasteiger partial charge in [0.1, 0.15) is 11.8 Å². The lowest BCUT2D eigenvalue weighted by atomic mass is 9.94. The largest absolute Gasteiger partial charge is 0.478 e. The SMILES string of the molecule is O=C1N[C@H](c2ccc(Cl)cc2)[C@@H]1Oc1ccc2ccccc2c1. The molecule has 114 valence electrons. The minimum absolute atomic E-state index is 0.0990. The fraction of sp³-hybridized carbons (Fsp3) is 0.105. The monoisotopic (exact) mass is 323 g/mol. The van der Waals surface area contributed by atoms with E-state index >= 15 is 0 Å². The van der Waals surface area contributed by atoms with Crippen molar-refractivity contribution in [2.24, 2.45) is 0 Å². The molecule has 1 aliphatic heterocycles. The fourth-order valence-corrected chi connectivity index (χ4v) is 2.93. The Kier molecular flexibility index (Phi) is 3.43. The Bertz CT molecular complexity index is 876. The van der Waals surface area contributed by atoms with Crippen molar-refractivity contribution in [3.8, 4) is 5.75 Å². The highest BCUT2D eigenvalue weighted by atomic mass is 35.5. The molecule has 4 heteroatoms. The summed E-state index contributed by atoms with van der Waals surface area (Å²) in [7, 11) is 0. The number of fused-ring (bicyclic) bond motifs is 1. The van der Waals surface area contributed by atoms with Crippen molar-refractivity contribution in [2.75, 3.05) is 0 Å². The van der Waals surface area contributed by atoms with E-state index in [1.165, 1.54) is 0 Å². The number of halogens is 1. The third-order valence-corrected chi connectivity index (χ3v) is 4.32. The summed E-state index contributed by atoms with van der Waals surface area (Å²) in [6.45, 7) is 0. The molecule has 0 spiro atoms. The molecular formula is C19H14ClNO2. The van der Waals surface area contributed by atoms with Crippen LogP contribution in [-0.4, -0.2) is 12.0 Å². The summed E-state index contributed by atoms with van der Waals surface area (Å²) in [6.07, 6.45) is -0.516. The summed E-state index contributed by atoms with van der Waals surface area (Å²) in [5.74, 6) is 0.598. The third kappa shape index (κ3) is 2.64. The number of β-lactam (4-membered cyclic amide) rings is 1. The number of benzene rings is 3. The van der Waals surface area contributed by atoms with Gasteiger partial charge >= 0.3 is 0 Å². The summed E-state index contributed by atoms with van der Waals surface area (Å²) in [6, 6.07) is 21.2. The van der Waals surface area contributed by atoms with Gasteiger partial charge in [-0.3, -0.25) is 4.79 Å². The number of rotatable bonds is 3. The zero-order chi connectivity index (χ0) is 15.8. The maximum Gasteiger partial charge on any atom is 0.264 e. The highest BCUT2D eigenvalue weighted by Gasteiger charge is 2.42. The van der Waals surface area contributed by atoms with Crippen LogP contribution in [0.4, 0.5) is 0 Å². The number of hydrogen-bond acceptors (Lipinski definition) is 2. The van der Waals surface area contributed by atoms with Gasteiger partial charge in [-0.05, 0) is 40.6 Å². The average molecular weight is 324 g/mol. The first-order valence-corrected chi connectivity index (χ1v) is 7.80. The summed E-state index contributed by atoms with van der Waals surface area (Å²) in [4.78, 5) is 11.9. The van der Waals surface area contributed by atoms with Crippen molar-refractivity contribution >= 4 is 28.3 Å². The number of amides is 1. The predicted molar refractivity (Wildman–Crippen MR) is 90.7 cm³/mol. The Balaban J connectivity index is 1.58. The van der Waals surface area contributed by atoms with E-state index < -0.39 is 6.10 Å². The summed E-state index contributed by atoms with van der Waals surface area (Å²) in [5, 5.41) is 5.79. The van der Waals surface area contributed by atoms with Crippen LogP contribution in [0.1, 0.15) is 11.6 Å². The third-order valence-electron chi connectivity index (χ3n) is 4.07. The second-order valence-electron chi connectivity index (χ2n) is 5.59. The number of nitrogens with one attached hydrogen (secondary N) is 1. The van der Waals surface area contributed by atoms with Gasteiger partial charge in [0.15, 0.2) is 0 Å². The average Bonchev–Trinajstić information content (AvgIpc) is 2.58. The smallest absolute Gasteiger partial charge is 0.264 e. The number of hydrogen-bond donors (Lipinski definition) is 1. The van der Waals surface area contributed by atoms with Crippen molar-refractivity contribution in [1.29, 1.82) is 0 Å². The normalized spacial score (nSPS) is 20.0. The molecule has 3 nitrogen and oxygen atoms in total. The Morgan fingerprint density at radius 3 is 2.39 bits per heavy atom. The molecule has 3 aromatic carbocycles. The van der Waals surface area contributed by atoms with E-state index in [0.717, 1.165) is 16.3 Å². The van der Waals surface area contributed by atoms with E-state index in [1.807, 2.05) is 66.7 Å². The zero-order valence-corrected chi connectivity index (χ0v) is 13.0. The Labute approximate surface area is 138 Å². The number of carbonyl (C=O) groups excluding carboxylic acids is 1. The molecular weight excluding hydrogens is 310 g/mol. The van der Waals surface area contributed by atoms with E-state index in [0.29, 0.717) is 10.8 Å². The maximum atomic E-state index is 11.9. The highest BCUT2D eigenvalue weighted by molar-refractivity contribution is 6.30. The van der Waals surface area contributed by atoms with Crippen LogP contribution in [0, 0.1) is 0 Å². The molecule has 0 saturated carbocycles. The van der Waals surface area contributed by atoms with Crippen molar-refractivity contribution in [2.45, 2.75) is 12.1 Å². The van der Waals surface area contributed by atoms with Crippen LogP contribution in [0.2, 0.25) is 5.02 Å². The van der Waals surface area contributed by atoms with Crippen molar-refractivity contribution < 1.29 is 9.53 Å². The lowest BCUT2D eigenvalue weighted by molar-refractivity contribution is -0.140. The van der Waals surface area contributed by atoms with Gasteiger partial charge in [-0.15, -0.1) is 0 Å². The maximum absolute atomic E-state index is 11.9. The molecule has 0 aromatic heterocycles. The van der Waals surface area contributed by atoms with E-state index in [-0.39, 0.29) is 11.9 Å². The lowest BCUT2D eigenvalue weighted by Gasteiger charge is -2.36. The second-order valence-corrected chi connectivity index (χ2v) is 6.02. The number of carbonyl (C=O) groups is 1. The van der Waals surface area contributed by atoms with Gasteiger partial charge < -0.3 is 10.1 Å². The zero-order valence-electron chi connectivity index (χ0n) is 12.2. The van der Waals surface area contributed by atoms with Gasteiger partial charge in [-0.2, -0.15) is 0 Å². The Hall–Kier alpha value is -2.52. The first kappa shape index (κ1) is 14.1. The topological polar surface area (TPSA) is 38.3 Å². The molecule has 0 aliphatic carbocycles. The van der Waals surface area contributed by atoms with Gasteiger partial charge in [0.25, 0.3) is 5.91 Å². The minimum Gasteiger partial charge on any atom is -0.478 e. The molecule has 0 bridgehead atoms. The van der Waals surface area contributed by atoms with E-state index in [2.05, 4.69) is 5.32 Å². The quantitative estimate of drug-likeness (QED) is 0.737. The van der Waals surface area contributed by atoms with Crippen LogP contribution in [0.15, 0.2) is 66.7 Å². The molecule has 3 aromatic rings. The minimum atomic E-state index is -0.516. The molecule has 1 aliphatic rings. The second kappa shape index (κ2) is 5.60. The fourth-order valence-electron chi connectivity index (χ4n) is 2.80. The molecule has 1 saturated heterocycles. The van der Waals surface area contributed by atoms with Gasteiger partial charge in [-0.1, -0.05) is 54.1 Å². The van der Waals surface area contributed by atoms with Crippen LogP contribution >= 0.6 is 11.6 Å². The van der Waals surface area contributed by atoms with E-state index in [9.17, 15) is 4.79 Å². The first-order chi connectivity index (χ1) is 11.2. The molecule has 0 radical (unpaired) electrons. The van der Waals surface area contributed by atoms with Crippen LogP contribution in [-0.2, 0) is 4.79 Å².